The van der Waals surface area contributed by atoms with Crippen LogP contribution in [0.4, 0.5) is 0 Å². The van der Waals surface area contributed by atoms with Crippen LogP contribution in [0.3, 0.4) is 0 Å². The second kappa shape index (κ2) is 7.58. The number of hydrogen-bond donors (Lipinski definition) is 0. The lowest BCUT2D eigenvalue weighted by Gasteiger charge is -2.04. The molecule has 1 heterocycles. The highest BCUT2D eigenvalue weighted by Crippen LogP contribution is 2.22. The van der Waals surface area contributed by atoms with E-state index in [9.17, 15) is 4.79 Å². The second-order valence-corrected chi connectivity index (χ2v) is 5.25. The van der Waals surface area contributed by atoms with Crippen LogP contribution in [0, 0.1) is 11.8 Å². The molecule has 5 heteroatoms. The van der Waals surface area contributed by atoms with E-state index in [1.54, 1.807) is 36.4 Å². The van der Waals surface area contributed by atoms with Crippen LogP contribution >= 0.6 is 11.6 Å². The Labute approximate surface area is 143 Å². The Morgan fingerprint density at radius 1 is 0.958 bits per heavy atom. The Hall–Kier alpha value is -2.90. The zero-order valence-corrected chi connectivity index (χ0v) is 13.4. The van der Waals surface area contributed by atoms with Crippen LogP contribution < -0.4 is 15.1 Å². The summed E-state index contributed by atoms with van der Waals surface area (Å²) in [7, 11) is 0. The summed E-state index contributed by atoms with van der Waals surface area (Å²) < 4.78 is 16.1. The summed E-state index contributed by atoms with van der Waals surface area (Å²) in [5.74, 6) is 6.84. The van der Waals surface area contributed by atoms with Crippen molar-refractivity contribution in [3.05, 3.63) is 70.0 Å². The number of halogens is 1. The first-order valence-electron chi connectivity index (χ1n) is 7.22. The zero-order valence-electron chi connectivity index (χ0n) is 12.6. The van der Waals surface area contributed by atoms with E-state index in [0.29, 0.717) is 22.1 Å². The highest BCUT2D eigenvalue weighted by atomic mass is 35.5. The average Bonchev–Trinajstić information content (AvgIpc) is 2.59. The molecule has 0 aliphatic heterocycles. The Bertz CT molecular complexity index is 949. The van der Waals surface area contributed by atoms with Gasteiger partial charge in [-0.3, -0.25) is 0 Å². The minimum absolute atomic E-state index is 0.150. The molecule has 0 fully saturated rings. The molecule has 0 saturated heterocycles. The minimum atomic E-state index is -0.456. The molecule has 0 amide bonds. The maximum atomic E-state index is 11.5. The van der Waals surface area contributed by atoms with E-state index in [0.717, 1.165) is 5.39 Å². The highest BCUT2D eigenvalue weighted by molar-refractivity contribution is 6.30. The first-order valence-corrected chi connectivity index (χ1v) is 7.60. The molecule has 0 spiro atoms. The summed E-state index contributed by atoms with van der Waals surface area (Å²) in [4.78, 5) is 11.5. The lowest BCUT2D eigenvalue weighted by molar-refractivity contribution is 0.362. The summed E-state index contributed by atoms with van der Waals surface area (Å²) >= 11 is 5.80. The van der Waals surface area contributed by atoms with Crippen LogP contribution in [0.1, 0.15) is 0 Å². The van der Waals surface area contributed by atoms with Gasteiger partial charge in [0.25, 0.3) is 0 Å². The highest BCUT2D eigenvalue weighted by Gasteiger charge is 2.04. The molecule has 1 aromatic heterocycles. The summed E-state index contributed by atoms with van der Waals surface area (Å²) in [6.45, 7) is 0.389. The number of rotatable bonds is 4. The molecule has 0 aliphatic carbocycles. The largest absolute Gasteiger partial charge is 0.481 e. The lowest BCUT2D eigenvalue weighted by atomic mass is 10.2. The Balaban J connectivity index is 1.57. The molecule has 120 valence electrons. The van der Waals surface area contributed by atoms with Gasteiger partial charge in [0.15, 0.2) is 0 Å². The Morgan fingerprint density at radius 2 is 1.67 bits per heavy atom. The minimum Gasteiger partial charge on any atom is -0.481 e. The molecule has 0 aliphatic rings. The topological polar surface area (TPSA) is 48.7 Å². The van der Waals surface area contributed by atoms with Crippen molar-refractivity contribution in [2.45, 2.75) is 0 Å². The van der Waals surface area contributed by atoms with Crippen molar-refractivity contribution in [2.24, 2.45) is 0 Å². The summed E-state index contributed by atoms with van der Waals surface area (Å²) in [5.41, 5.74) is 0.0294. The SMILES string of the molecule is O=c1cc(OCC#CCOc2ccc(Cl)cc2)c2ccccc2o1. The molecule has 3 rings (SSSR count). The second-order valence-electron chi connectivity index (χ2n) is 4.81. The van der Waals surface area contributed by atoms with Crippen LogP contribution in [-0.2, 0) is 0 Å². The third-order valence-electron chi connectivity index (χ3n) is 3.16. The fraction of sp³-hybridized carbons (Fsp3) is 0.105. The summed E-state index contributed by atoms with van der Waals surface area (Å²) in [5, 5.41) is 1.39. The third kappa shape index (κ3) is 4.09. The number of ether oxygens (including phenoxy) is 2. The first-order chi connectivity index (χ1) is 11.7. The fourth-order valence-electron chi connectivity index (χ4n) is 2.07. The number of benzene rings is 2. The number of para-hydroxylation sites is 1. The maximum absolute atomic E-state index is 11.5. The number of hydrogen-bond acceptors (Lipinski definition) is 4. The van der Waals surface area contributed by atoms with E-state index >= 15 is 0 Å². The first kappa shape index (κ1) is 16.0. The summed E-state index contributed by atoms with van der Waals surface area (Å²) in [6.07, 6.45) is 0. The zero-order chi connectivity index (χ0) is 16.8. The average molecular weight is 341 g/mol. The fourth-order valence-corrected chi connectivity index (χ4v) is 2.19. The van der Waals surface area contributed by atoms with Gasteiger partial charge >= 0.3 is 5.63 Å². The molecule has 0 atom stereocenters. The van der Waals surface area contributed by atoms with Crippen molar-refractivity contribution >= 4 is 22.6 Å². The standard InChI is InChI=1S/C19H13ClO4/c20-14-7-9-15(10-8-14)22-11-3-4-12-23-18-13-19(21)24-17-6-2-1-5-16(17)18/h1-2,5-10,13H,11-12H2. The quantitative estimate of drug-likeness (QED) is 0.533. The van der Waals surface area contributed by atoms with Gasteiger partial charge in [0.1, 0.15) is 30.3 Å². The van der Waals surface area contributed by atoms with Gasteiger partial charge in [-0.15, -0.1) is 0 Å². The smallest absolute Gasteiger partial charge is 0.339 e. The normalized spacial score (nSPS) is 10.0. The maximum Gasteiger partial charge on any atom is 0.339 e. The van der Waals surface area contributed by atoms with Crippen LogP contribution in [0.2, 0.25) is 5.02 Å². The van der Waals surface area contributed by atoms with Crippen molar-refractivity contribution in [3.8, 4) is 23.3 Å². The Kier molecular flexibility index (Phi) is 5.05. The van der Waals surface area contributed by atoms with Crippen LogP contribution in [-0.4, -0.2) is 13.2 Å². The predicted octanol–water partition coefficient (Wildman–Crippen LogP) is 3.91. The van der Waals surface area contributed by atoms with Gasteiger partial charge in [-0.05, 0) is 36.4 Å². The van der Waals surface area contributed by atoms with E-state index in [1.807, 2.05) is 12.1 Å². The van der Waals surface area contributed by atoms with E-state index in [1.165, 1.54) is 6.07 Å². The molecule has 0 bridgehead atoms. The molecule has 0 saturated carbocycles. The van der Waals surface area contributed by atoms with E-state index < -0.39 is 5.63 Å². The van der Waals surface area contributed by atoms with Gasteiger partial charge in [-0.25, -0.2) is 4.79 Å². The molecule has 0 radical (unpaired) electrons. The van der Waals surface area contributed by atoms with Crippen molar-refractivity contribution in [3.63, 3.8) is 0 Å². The van der Waals surface area contributed by atoms with Gasteiger partial charge in [-0.1, -0.05) is 35.6 Å². The van der Waals surface area contributed by atoms with Gasteiger partial charge in [0, 0.05) is 5.02 Å². The predicted molar refractivity (Wildman–Crippen MR) is 92.7 cm³/mol. The van der Waals surface area contributed by atoms with Crippen molar-refractivity contribution in [1.82, 2.24) is 0 Å². The van der Waals surface area contributed by atoms with Crippen molar-refractivity contribution in [2.75, 3.05) is 13.2 Å². The van der Waals surface area contributed by atoms with Crippen LogP contribution in [0.5, 0.6) is 11.5 Å². The molecule has 24 heavy (non-hydrogen) atoms. The molecule has 2 aromatic carbocycles. The van der Waals surface area contributed by atoms with Crippen molar-refractivity contribution < 1.29 is 13.9 Å². The monoisotopic (exact) mass is 340 g/mol. The van der Waals surface area contributed by atoms with Crippen LogP contribution in [0.15, 0.2) is 63.8 Å². The van der Waals surface area contributed by atoms with E-state index in [-0.39, 0.29) is 13.2 Å². The lowest BCUT2D eigenvalue weighted by Crippen LogP contribution is -2.02. The van der Waals surface area contributed by atoms with Crippen LogP contribution in [0.25, 0.3) is 11.0 Å². The van der Waals surface area contributed by atoms with E-state index in [4.69, 9.17) is 25.5 Å². The molecule has 0 N–H and O–H groups in total. The summed E-state index contributed by atoms with van der Waals surface area (Å²) in [6, 6.07) is 15.5. The molecule has 4 nitrogen and oxygen atoms in total. The Morgan fingerprint density at radius 3 is 2.46 bits per heavy atom. The van der Waals surface area contributed by atoms with E-state index in [2.05, 4.69) is 11.8 Å². The third-order valence-corrected chi connectivity index (χ3v) is 3.41. The van der Waals surface area contributed by atoms with Gasteiger partial charge in [-0.2, -0.15) is 0 Å². The van der Waals surface area contributed by atoms with Gasteiger partial charge in [0.2, 0.25) is 0 Å². The van der Waals surface area contributed by atoms with Gasteiger partial charge in [0.05, 0.1) is 11.5 Å². The molecular formula is C19H13ClO4. The molecular weight excluding hydrogens is 328 g/mol. The number of fused-ring (bicyclic) bond motifs is 1. The van der Waals surface area contributed by atoms with Crippen molar-refractivity contribution in [1.29, 1.82) is 0 Å². The molecule has 0 unspecified atom stereocenters. The molecule has 3 aromatic rings. The van der Waals surface area contributed by atoms with Gasteiger partial charge < -0.3 is 13.9 Å².